The van der Waals surface area contributed by atoms with Crippen molar-refractivity contribution in [3.05, 3.63) is 362 Å². The van der Waals surface area contributed by atoms with E-state index in [9.17, 15) is 0 Å². The number of nitrogens with zero attached hydrogens (tertiary/aromatic N) is 8. The van der Waals surface area contributed by atoms with E-state index >= 15 is 0 Å². The third kappa shape index (κ3) is 14.9. The van der Waals surface area contributed by atoms with Gasteiger partial charge in [-0.25, -0.2) is 9.98 Å². The van der Waals surface area contributed by atoms with Crippen molar-refractivity contribution in [2.75, 3.05) is 24.5 Å². The van der Waals surface area contributed by atoms with Gasteiger partial charge in [-0.15, -0.1) is 0 Å². The molecule has 1 N–H and O–H groups in total. The van der Waals surface area contributed by atoms with Crippen molar-refractivity contribution >= 4 is 138 Å². The molecule has 10 aromatic carbocycles. The standard InChI is InChI=1S/C123H132B3N9/c1-73-25-43-88(44-26-73)130-100-55-31-76(4)61-94(100)124-97-64-79(34-58-103(97)133(91-49-37-82(38-50-91)118(7,8)9)109-70-85(121(16,17)18)67-106(130)112(109)124)115-127-116(80-35-59-104-98(65-80)125-95-62-77(5)32-56-101(95)131(89-45-27-74(2)28-46-89)107-68-86(122(19,20)21)71-110(113(107)125)134(104)92-51-39-83(40-52-92)119(10,11)12)129-117(128-115)81-36-60-105-99(66-81)126-96-63-78(6)33-57-102(96)132(90-47-29-75(3)30-48-90)108-69-87(123(22,23)24)72-111(114(108)126)135(105)93-53-41-84(42-54-93)120(13,14)15/h25-39,41,43-49,51-65,67-71,81,83-84,87,91,117H,40,42,50,66,72H2,1-24H3,(H,127,128,129). The van der Waals surface area contributed by atoms with Gasteiger partial charge < -0.3 is 34.7 Å². The van der Waals surface area contributed by atoms with E-state index in [1.165, 1.54) is 185 Å². The van der Waals surface area contributed by atoms with Crippen molar-refractivity contribution in [2.24, 2.45) is 55.3 Å². The van der Waals surface area contributed by atoms with Gasteiger partial charge in [0, 0.05) is 114 Å². The highest BCUT2D eigenvalue weighted by Crippen LogP contribution is 2.57. The lowest BCUT2D eigenvalue weighted by molar-refractivity contribution is 0.270. The van der Waals surface area contributed by atoms with Gasteiger partial charge >= 0.3 is 0 Å². The van der Waals surface area contributed by atoms with E-state index in [4.69, 9.17) is 9.98 Å². The Kier molecular flexibility index (Phi) is 20.6. The maximum Gasteiger partial charge on any atom is 0.252 e. The molecule has 6 unspecified atom stereocenters. The zero-order chi connectivity index (χ0) is 94.2. The summed E-state index contributed by atoms with van der Waals surface area (Å²) in [6.45, 7) is 56.2. The molecular weight excluding hydrogens is 1640 g/mol. The molecule has 0 radical (unpaired) electrons. The molecule has 12 heteroatoms. The Hall–Kier alpha value is -12.3. The Bertz CT molecular complexity index is 7060. The van der Waals surface area contributed by atoms with Gasteiger partial charge in [0.2, 0.25) is 6.71 Å². The summed E-state index contributed by atoms with van der Waals surface area (Å²) >= 11 is 0. The molecule has 12 aliphatic rings. The molecule has 0 spiro atoms. The van der Waals surface area contributed by atoms with Gasteiger partial charge in [-0.3, -0.25) is 0 Å². The Morgan fingerprint density at radius 2 is 0.793 bits per heavy atom. The summed E-state index contributed by atoms with van der Waals surface area (Å²) in [5.74, 6) is 2.45. The highest BCUT2D eigenvalue weighted by Gasteiger charge is 2.53. The Labute approximate surface area is 805 Å². The predicted octanol–water partition coefficient (Wildman–Crippen LogP) is 26.1. The molecule has 0 saturated carbocycles. The minimum Gasteiger partial charge on any atom is -0.347 e. The smallest absolute Gasteiger partial charge is 0.252 e. The van der Waals surface area contributed by atoms with Crippen molar-refractivity contribution in [1.29, 1.82) is 0 Å². The van der Waals surface area contributed by atoms with E-state index in [0.29, 0.717) is 11.8 Å². The first-order chi connectivity index (χ1) is 64.1. The van der Waals surface area contributed by atoms with Crippen LogP contribution in [0.25, 0.3) is 0 Å². The molecule has 0 fully saturated rings. The number of aliphatic imine (C=N–C) groups is 2. The summed E-state index contributed by atoms with van der Waals surface area (Å²) in [6, 6.07) is 74.6. The maximum absolute atomic E-state index is 6.30. The number of fused-ring (bicyclic) bond motifs is 11. The molecular formula is C123H132B3N9. The molecule has 9 nitrogen and oxygen atoms in total. The average Bonchev–Trinajstić information content (AvgIpc) is 0.701. The molecule has 6 atom stereocenters. The number of amidine groups is 2. The van der Waals surface area contributed by atoms with Crippen LogP contribution in [-0.2, 0) is 10.8 Å². The van der Waals surface area contributed by atoms with Gasteiger partial charge in [-0.1, -0.05) is 303 Å². The van der Waals surface area contributed by atoms with Gasteiger partial charge in [-0.2, -0.15) is 0 Å². The van der Waals surface area contributed by atoms with E-state index < -0.39 is 6.17 Å². The largest absolute Gasteiger partial charge is 0.347 e. The van der Waals surface area contributed by atoms with E-state index in [0.717, 1.165) is 66.3 Å². The summed E-state index contributed by atoms with van der Waals surface area (Å²) in [6.07, 6.45) is 34.3. The van der Waals surface area contributed by atoms with Gasteiger partial charge in [-0.05, 0) is 306 Å². The minimum absolute atomic E-state index is 0.00568. The number of allylic oxidation sites excluding steroid dienone is 13. The molecule has 678 valence electrons. The molecule has 10 aromatic rings. The second-order valence-electron chi connectivity index (χ2n) is 47.6. The van der Waals surface area contributed by atoms with Crippen molar-refractivity contribution in [3.8, 4) is 0 Å². The number of nitrogens with one attached hydrogen (secondary N) is 1. The first-order valence-corrected chi connectivity index (χ1v) is 50.1. The number of hydrogen-bond acceptors (Lipinski definition) is 9. The molecule has 135 heavy (non-hydrogen) atoms. The Morgan fingerprint density at radius 1 is 0.356 bits per heavy atom. The summed E-state index contributed by atoms with van der Waals surface area (Å²) in [5, 5.41) is 4.37. The Balaban J connectivity index is 0.770. The normalized spacial score (nSPS) is 20.9. The van der Waals surface area contributed by atoms with E-state index in [2.05, 4.69) is 462 Å². The highest BCUT2D eigenvalue weighted by molar-refractivity contribution is 7.01. The van der Waals surface area contributed by atoms with Crippen LogP contribution in [0.15, 0.2) is 316 Å². The second kappa shape index (κ2) is 31.7. The molecule has 7 heterocycles. The molecule has 0 aromatic heterocycles. The number of anilines is 12. The molecule has 0 amide bonds. The fourth-order valence-corrected chi connectivity index (χ4v) is 23.9. The lowest BCUT2D eigenvalue weighted by Gasteiger charge is -2.51. The SMILES string of the molecule is Cc1ccc(N2C3=CC(C(C)(C)C)CC4=C3B(C3=C(C=CC(C5N=C(c6ccc7c(c6)B6c8cc(C)ccc8N(c8ccc(C)cc8)c8cc(C(C)(C)C)cc(c86)N7C6=CCC(C(C)(C)C)C=C6)N=C(c6ccc7c(c6)B6c8cc(C)ccc8N(c8ccc(C)cc8)c8cc(C(C)(C)C)cc(c86)N7C6C=CC(C(C)(C)C)=CC6)N5)C3)N4C3=CCC(C(C)(C)C)C=C3)c3cc(C)ccc32)cc1. The molecule has 0 bridgehead atoms. The zero-order valence-corrected chi connectivity index (χ0v) is 84.1. The van der Waals surface area contributed by atoms with Crippen LogP contribution in [0.2, 0.25) is 0 Å². The van der Waals surface area contributed by atoms with Crippen LogP contribution in [0.5, 0.6) is 0 Å². The lowest BCUT2D eigenvalue weighted by atomic mass is 9.30. The summed E-state index contributed by atoms with van der Waals surface area (Å²) in [7, 11) is 0. The van der Waals surface area contributed by atoms with Crippen molar-refractivity contribution < 1.29 is 0 Å². The topological polar surface area (TPSA) is 56.2 Å². The van der Waals surface area contributed by atoms with Crippen LogP contribution in [0, 0.1) is 86.9 Å². The average molecular weight is 1770 g/mol. The second-order valence-corrected chi connectivity index (χ2v) is 47.6. The van der Waals surface area contributed by atoms with Crippen molar-refractivity contribution in [2.45, 2.75) is 221 Å². The Morgan fingerprint density at radius 3 is 1.29 bits per heavy atom. The maximum atomic E-state index is 6.30. The highest BCUT2D eigenvalue weighted by atomic mass is 15.2. The van der Waals surface area contributed by atoms with Crippen LogP contribution in [-0.4, -0.2) is 48.9 Å². The fraction of sp³-hybridized carbons (Fsp3) is 0.333. The first-order valence-electron chi connectivity index (χ1n) is 50.1. The van der Waals surface area contributed by atoms with Gasteiger partial charge in [0.15, 0.2) is 5.84 Å². The first kappa shape index (κ1) is 88.0. The van der Waals surface area contributed by atoms with E-state index in [-0.39, 0.29) is 70.5 Å². The quantitative estimate of drug-likeness (QED) is 0.145. The van der Waals surface area contributed by atoms with Gasteiger partial charge in [0.25, 0.3) is 13.4 Å². The molecule has 7 aliphatic heterocycles. The summed E-state index contributed by atoms with van der Waals surface area (Å²) < 4.78 is 0. The summed E-state index contributed by atoms with van der Waals surface area (Å²) in [4.78, 5) is 28.4. The number of rotatable bonds is 9. The molecule has 0 saturated heterocycles. The number of benzene rings is 10. The van der Waals surface area contributed by atoms with Gasteiger partial charge in [0.05, 0.1) is 6.04 Å². The fourth-order valence-electron chi connectivity index (χ4n) is 23.9. The van der Waals surface area contributed by atoms with Crippen LogP contribution in [0.4, 0.5) is 68.2 Å². The molecule has 22 rings (SSSR count). The predicted molar refractivity (Wildman–Crippen MR) is 578 cm³/mol. The van der Waals surface area contributed by atoms with Crippen LogP contribution in [0.1, 0.15) is 212 Å². The zero-order valence-electron chi connectivity index (χ0n) is 84.1. The third-order valence-corrected chi connectivity index (χ3v) is 31.8. The van der Waals surface area contributed by atoms with Crippen molar-refractivity contribution in [3.63, 3.8) is 0 Å². The van der Waals surface area contributed by atoms with Crippen molar-refractivity contribution in [1.82, 2.24) is 10.2 Å². The third-order valence-electron chi connectivity index (χ3n) is 31.8. The summed E-state index contributed by atoms with van der Waals surface area (Å²) in [5.41, 5.74) is 46.1. The van der Waals surface area contributed by atoms with Crippen LogP contribution < -0.4 is 68.1 Å². The van der Waals surface area contributed by atoms with Crippen LogP contribution in [0.3, 0.4) is 0 Å². The minimum atomic E-state index is -0.475. The van der Waals surface area contributed by atoms with Gasteiger partial charge in [0.1, 0.15) is 12.0 Å². The van der Waals surface area contributed by atoms with E-state index in [1.807, 2.05) is 0 Å². The lowest BCUT2D eigenvalue weighted by Crippen LogP contribution is -2.63. The van der Waals surface area contributed by atoms with Crippen LogP contribution >= 0.6 is 0 Å². The molecule has 5 aliphatic carbocycles. The monoisotopic (exact) mass is 1770 g/mol. The number of hydrogen-bond donors (Lipinski definition) is 1. The number of aryl methyl sites for hydroxylation is 6. The van der Waals surface area contributed by atoms with E-state index in [1.54, 1.807) is 0 Å².